The second kappa shape index (κ2) is 6.12. The van der Waals surface area contributed by atoms with Gasteiger partial charge in [0.25, 0.3) is 10.0 Å². The molecule has 25 heavy (non-hydrogen) atoms. The fourth-order valence-electron chi connectivity index (χ4n) is 2.42. The molecule has 8 heteroatoms. The van der Waals surface area contributed by atoms with Crippen molar-refractivity contribution < 1.29 is 16.8 Å². The van der Waals surface area contributed by atoms with Crippen LogP contribution in [0.25, 0.3) is 5.57 Å². The molecule has 0 aliphatic carbocycles. The number of benzene rings is 2. The van der Waals surface area contributed by atoms with Crippen LogP contribution in [0.5, 0.6) is 0 Å². The molecule has 1 aliphatic heterocycles. The van der Waals surface area contributed by atoms with E-state index < -0.39 is 19.9 Å². The maximum absolute atomic E-state index is 12.9. The first-order valence-corrected chi connectivity index (χ1v) is 10.7. The van der Waals surface area contributed by atoms with E-state index >= 15 is 0 Å². The number of rotatable bonds is 4. The summed E-state index contributed by atoms with van der Waals surface area (Å²) in [7, 11) is -7.48. The minimum absolute atomic E-state index is 0.0272. The number of sulfone groups is 1. The Morgan fingerprint density at radius 2 is 1.48 bits per heavy atom. The summed E-state index contributed by atoms with van der Waals surface area (Å²) in [5, 5.41) is 2.55. The molecular weight excluding hydrogens is 360 g/mol. The number of nitrogens with one attached hydrogen (secondary N) is 1. The summed E-state index contributed by atoms with van der Waals surface area (Å²) in [6.45, 7) is 1.86. The normalized spacial score (nSPS) is 16.5. The molecule has 0 bridgehead atoms. The van der Waals surface area contributed by atoms with Gasteiger partial charge < -0.3 is 5.32 Å². The Labute approximate surface area is 146 Å². The molecule has 130 valence electrons. The molecule has 0 unspecified atom stereocenters. The van der Waals surface area contributed by atoms with Crippen molar-refractivity contribution >= 4 is 31.3 Å². The Kier molecular flexibility index (Phi) is 4.26. The smallest absolute Gasteiger partial charge is 0.252 e. The third-order valence-corrected chi connectivity index (χ3v) is 5.87. The Morgan fingerprint density at radius 3 is 2.04 bits per heavy atom. The van der Waals surface area contributed by atoms with E-state index in [9.17, 15) is 16.8 Å². The molecule has 0 amide bonds. The lowest BCUT2D eigenvalue weighted by molar-refractivity contribution is 0.598. The Bertz CT molecular complexity index is 1080. The number of sulfonamides is 1. The first-order chi connectivity index (χ1) is 11.7. The van der Waals surface area contributed by atoms with Crippen molar-refractivity contribution in [2.45, 2.75) is 11.8 Å². The fraction of sp³-hybridized carbons (Fsp3) is 0.118. The molecule has 0 atom stereocenters. The molecule has 0 radical (unpaired) electrons. The minimum atomic E-state index is -3.81. The fourth-order valence-corrected chi connectivity index (χ4v) is 4.33. The molecule has 3 rings (SSSR count). The standard InChI is InChI=1S/C17H16N2O4S2/c1-12-8-10-14(11-9-12)25(22,23)17-15(13-6-4-3-5-7-13)16(18-17)19-24(2,20)21/h3-11H,1-2H3,(H,18,19). The van der Waals surface area contributed by atoms with E-state index in [1.807, 2.05) is 6.92 Å². The third-order valence-electron chi connectivity index (χ3n) is 3.62. The molecule has 0 spiro atoms. The summed E-state index contributed by atoms with van der Waals surface area (Å²) in [4.78, 5) is 0.132. The van der Waals surface area contributed by atoms with Crippen molar-refractivity contribution in [1.29, 1.82) is 0 Å². The summed E-state index contributed by atoms with van der Waals surface area (Å²) in [6.07, 6.45) is 0.955. The topological polar surface area (TPSA) is 92.7 Å². The van der Waals surface area contributed by atoms with Gasteiger partial charge in [0, 0.05) is 0 Å². The van der Waals surface area contributed by atoms with E-state index in [2.05, 4.69) is 9.71 Å². The van der Waals surface area contributed by atoms with Crippen molar-refractivity contribution in [3.05, 3.63) is 70.8 Å². The van der Waals surface area contributed by atoms with Crippen LogP contribution in [0, 0.1) is 6.92 Å². The van der Waals surface area contributed by atoms with Crippen molar-refractivity contribution in [2.75, 3.05) is 6.26 Å². The third kappa shape index (κ3) is 3.49. The lowest BCUT2D eigenvalue weighted by atomic mass is 10.0. The van der Waals surface area contributed by atoms with E-state index in [0.717, 1.165) is 11.8 Å². The van der Waals surface area contributed by atoms with Gasteiger partial charge in [-0.15, -0.1) is 4.40 Å². The maximum atomic E-state index is 12.9. The van der Waals surface area contributed by atoms with Crippen LogP contribution >= 0.6 is 0 Å². The molecule has 2 aromatic carbocycles. The van der Waals surface area contributed by atoms with Crippen LogP contribution < -0.4 is 5.32 Å². The summed E-state index contributed by atoms with van der Waals surface area (Å²) in [5.41, 5.74) is 1.79. The molecule has 2 aromatic rings. The van der Waals surface area contributed by atoms with Gasteiger partial charge in [0.2, 0.25) is 9.84 Å². The Balaban J connectivity index is 2.19. The van der Waals surface area contributed by atoms with Crippen LogP contribution in [-0.4, -0.2) is 28.9 Å². The van der Waals surface area contributed by atoms with E-state index in [1.54, 1.807) is 42.5 Å². The van der Waals surface area contributed by atoms with Crippen molar-refractivity contribution in [2.24, 2.45) is 4.40 Å². The minimum Gasteiger partial charge on any atom is -0.329 e. The molecule has 1 heterocycles. The second-order valence-corrected chi connectivity index (χ2v) is 9.22. The lowest BCUT2D eigenvalue weighted by Crippen LogP contribution is -2.40. The van der Waals surface area contributed by atoms with Gasteiger partial charge in [-0.2, -0.15) is 0 Å². The average Bonchev–Trinajstić information content (AvgIpc) is 2.51. The zero-order valence-corrected chi connectivity index (χ0v) is 15.2. The molecule has 6 nitrogen and oxygen atoms in total. The van der Waals surface area contributed by atoms with E-state index in [-0.39, 0.29) is 21.3 Å². The SMILES string of the molecule is Cc1ccc(S(=O)(=O)C2=C(c3ccccc3)/C(=N\S(C)(=O)=O)N2)cc1. The summed E-state index contributed by atoms with van der Waals surface area (Å²) < 4.78 is 52.3. The highest BCUT2D eigenvalue weighted by molar-refractivity contribution is 7.95. The predicted octanol–water partition coefficient (Wildman–Crippen LogP) is 2.10. The number of aryl methyl sites for hydroxylation is 1. The molecule has 0 aromatic heterocycles. The molecule has 0 fully saturated rings. The van der Waals surface area contributed by atoms with Crippen LogP contribution in [0.4, 0.5) is 0 Å². The van der Waals surface area contributed by atoms with Crippen LogP contribution in [0.1, 0.15) is 11.1 Å². The van der Waals surface area contributed by atoms with E-state index in [1.165, 1.54) is 12.1 Å². The Hall–Kier alpha value is -2.45. The van der Waals surface area contributed by atoms with Crippen LogP contribution in [0.2, 0.25) is 0 Å². The highest BCUT2D eigenvalue weighted by atomic mass is 32.2. The number of nitrogens with zero attached hydrogens (tertiary/aromatic N) is 1. The zero-order valence-electron chi connectivity index (χ0n) is 13.6. The summed E-state index contributed by atoms with van der Waals surface area (Å²) >= 11 is 0. The van der Waals surface area contributed by atoms with Gasteiger partial charge in [0.1, 0.15) is 0 Å². The van der Waals surface area contributed by atoms with Crippen molar-refractivity contribution in [3.63, 3.8) is 0 Å². The average molecular weight is 376 g/mol. The summed E-state index contributed by atoms with van der Waals surface area (Å²) in [6, 6.07) is 15.2. The first-order valence-electron chi connectivity index (χ1n) is 7.37. The first kappa shape index (κ1) is 17.4. The number of amidine groups is 1. The molecule has 0 saturated carbocycles. The monoisotopic (exact) mass is 376 g/mol. The highest BCUT2D eigenvalue weighted by Crippen LogP contribution is 2.33. The van der Waals surface area contributed by atoms with Gasteiger partial charge in [-0.05, 0) is 24.6 Å². The number of hydrogen-bond acceptors (Lipinski definition) is 4. The van der Waals surface area contributed by atoms with Gasteiger partial charge >= 0.3 is 0 Å². The molecule has 1 N–H and O–H groups in total. The van der Waals surface area contributed by atoms with Crippen LogP contribution in [0.15, 0.2) is 68.9 Å². The van der Waals surface area contributed by atoms with Gasteiger partial charge in [-0.3, -0.25) is 0 Å². The van der Waals surface area contributed by atoms with Crippen molar-refractivity contribution in [1.82, 2.24) is 5.32 Å². The predicted molar refractivity (Wildman–Crippen MR) is 97.1 cm³/mol. The van der Waals surface area contributed by atoms with Gasteiger partial charge in [-0.1, -0.05) is 48.0 Å². The van der Waals surface area contributed by atoms with Crippen LogP contribution in [0.3, 0.4) is 0 Å². The highest BCUT2D eigenvalue weighted by Gasteiger charge is 2.36. The maximum Gasteiger partial charge on any atom is 0.252 e. The molecule has 1 aliphatic rings. The van der Waals surface area contributed by atoms with E-state index in [4.69, 9.17) is 0 Å². The lowest BCUT2D eigenvalue weighted by Gasteiger charge is -2.27. The molecule has 0 saturated heterocycles. The van der Waals surface area contributed by atoms with Gasteiger partial charge in [-0.25, -0.2) is 16.8 Å². The van der Waals surface area contributed by atoms with Crippen LogP contribution in [-0.2, 0) is 19.9 Å². The largest absolute Gasteiger partial charge is 0.329 e. The Morgan fingerprint density at radius 1 is 0.880 bits per heavy atom. The van der Waals surface area contributed by atoms with Gasteiger partial charge in [0.15, 0.2) is 10.9 Å². The zero-order chi connectivity index (χ0) is 18.2. The second-order valence-electron chi connectivity index (χ2n) is 5.68. The van der Waals surface area contributed by atoms with E-state index in [0.29, 0.717) is 5.56 Å². The quantitative estimate of drug-likeness (QED) is 0.882. The van der Waals surface area contributed by atoms with Crippen molar-refractivity contribution in [3.8, 4) is 0 Å². The number of hydrogen-bond donors (Lipinski definition) is 1. The van der Waals surface area contributed by atoms with Gasteiger partial charge in [0.05, 0.1) is 16.7 Å². The molecular formula is C17H16N2O4S2. The summed E-state index contributed by atoms with van der Waals surface area (Å²) in [5.74, 6) is 0.0272.